The number of rotatable bonds is 4. The van der Waals surface area contributed by atoms with E-state index in [2.05, 4.69) is 5.32 Å². The quantitative estimate of drug-likeness (QED) is 0.499. The molecule has 1 aliphatic rings. The lowest BCUT2D eigenvalue weighted by molar-refractivity contribution is -0.116. The minimum Gasteiger partial charge on any atom is -0.325 e. The molecular weight excluding hydrogens is 406 g/mol. The highest BCUT2D eigenvalue weighted by molar-refractivity contribution is 7.18. The van der Waals surface area contributed by atoms with E-state index in [1.807, 2.05) is 61.5 Å². The number of benzene rings is 2. The largest absolute Gasteiger partial charge is 0.325 e. The Bertz CT molecular complexity index is 1320. The highest BCUT2D eigenvalue weighted by Gasteiger charge is 2.23. The SMILES string of the molecule is Cc1ccc(NC(=O)Cn2c(-c3ccccc3)nc3sc4c(c3c2=O)CCCC4)cc1. The molecule has 0 radical (unpaired) electrons. The van der Waals surface area contributed by atoms with Crippen molar-refractivity contribution < 1.29 is 4.79 Å². The van der Waals surface area contributed by atoms with Crippen molar-refractivity contribution in [2.45, 2.75) is 39.2 Å². The second-order valence-electron chi connectivity index (χ2n) is 8.00. The summed E-state index contributed by atoms with van der Waals surface area (Å²) in [5.74, 6) is 0.295. The third-order valence-electron chi connectivity index (χ3n) is 5.74. The molecule has 1 N–H and O–H groups in total. The molecule has 4 aromatic rings. The molecule has 31 heavy (non-hydrogen) atoms. The maximum atomic E-state index is 13.6. The number of nitrogens with zero attached hydrogens (tertiary/aromatic N) is 2. The molecule has 0 spiro atoms. The van der Waals surface area contributed by atoms with Gasteiger partial charge in [-0.3, -0.25) is 14.2 Å². The van der Waals surface area contributed by atoms with E-state index in [1.54, 1.807) is 11.3 Å². The molecule has 0 atom stereocenters. The number of aromatic nitrogens is 2. The second-order valence-corrected chi connectivity index (χ2v) is 9.08. The molecular formula is C25H23N3O2S. The Morgan fingerprint density at radius 3 is 2.58 bits per heavy atom. The topological polar surface area (TPSA) is 64.0 Å². The predicted molar refractivity (Wildman–Crippen MR) is 126 cm³/mol. The van der Waals surface area contributed by atoms with Gasteiger partial charge in [-0.05, 0) is 50.3 Å². The average Bonchev–Trinajstić information content (AvgIpc) is 3.16. The summed E-state index contributed by atoms with van der Waals surface area (Å²) in [7, 11) is 0. The Labute approximate surface area is 184 Å². The van der Waals surface area contributed by atoms with Gasteiger partial charge in [-0.1, -0.05) is 48.0 Å². The average molecular weight is 430 g/mol. The maximum absolute atomic E-state index is 13.6. The summed E-state index contributed by atoms with van der Waals surface area (Å²) in [6.07, 6.45) is 4.15. The number of hydrogen-bond donors (Lipinski definition) is 1. The molecule has 0 fully saturated rings. The molecule has 1 aliphatic carbocycles. The smallest absolute Gasteiger partial charge is 0.263 e. The van der Waals surface area contributed by atoms with Crippen molar-refractivity contribution in [1.82, 2.24) is 9.55 Å². The number of hydrogen-bond acceptors (Lipinski definition) is 4. The van der Waals surface area contributed by atoms with E-state index in [4.69, 9.17) is 4.98 Å². The van der Waals surface area contributed by atoms with Crippen LogP contribution in [0.3, 0.4) is 0 Å². The fourth-order valence-corrected chi connectivity index (χ4v) is 5.43. The van der Waals surface area contributed by atoms with Gasteiger partial charge in [0.25, 0.3) is 5.56 Å². The fourth-order valence-electron chi connectivity index (χ4n) is 4.17. The third-order valence-corrected chi connectivity index (χ3v) is 6.93. The summed E-state index contributed by atoms with van der Waals surface area (Å²) in [6, 6.07) is 17.2. The summed E-state index contributed by atoms with van der Waals surface area (Å²) in [4.78, 5) is 33.4. The summed E-state index contributed by atoms with van der Waals surface area (Å²) in [5.41, 5.74) is 3.68. The van der Waals surface area contributed by atoms with Crippen LogP contribution in [0.1, 0.15) is 28.8 Å². The lowest BCUT2D eigenvalue weighted by Crippen LogP contribution is -2.30. The van der Waals surface area contributed by atoms with Gasteiger partial charge < -0.3 is 5.32 Å². The van der Waals surface area contributed by atoms with Gasteiger partial charge in [0, 0.05) is 16.1 Å². The summed E-state index contributed by atoms with van der Waals surface area (Å²) in [5, 5.41) is 3.60. The Morgan fingerprint density at radius 2 is 1.81 bits per heavy atom. The van der Waals surface area contributed by atoms with Crippen molar-refractivity contribution in [3.8, 4) is 11.4 Å². The number of thiophene rings is 1. The summed E-state index contributed by atoms with van der Waals surface area (Å²) in [6.45, 7) is 1.92. The minimum atomic E-state index is -0.242. The van der Waals surface area contributed by atoms with Crippen LogP contribution in [0, 0.1) is 6.92 Å². The second kappa shape index (κ2) is 8.12. The molecule has 1 amide bonds. The van der Waals surface area contributed by atoms with Gasteiger partial charge >= 0.3 is 0 Å². The molecule has 6 heteroatoms. The first-order valence-corrected chi connectivity index (χ1v) is 11.4. The van der Waals surface area contributed by atoms with Gasteiger partial charge in [0.2, 0.25) is 5.91 Å². The predicted octanol–water partition coefficient (Wildman–Crippen LogP) is 4.95. The van der Waals surface area contributed by atoms with Gasteiger partial charge in [0.1, 0.15) is 17.2 Å². The first kappa shape index (κ1) is 19.7. The minimum absolute atomic E-state index is 0.0789. The molecule has 0 unspecified atom stereocenters. The third kappa shape index (κ3) is 3.79. The van der Waals surface area contributed by atoms with E-state index < -0.39 is 0 Å². The van der Waals surface area contributed by atoms with Crippen molar-refractivity contribution in [1.29, 1.82) is 0 Å². The van der Waals surface area contributed by atoms with E-state index in [0.717, 1.165) is 47.2 Å². The number of fused-ring (bicyclic) bond motifs is 3. The Kier molecular flexibility index (Phi) is 5.16. The molecule has 2 aromatic heterocycles. The van der Waals surface area contributed by atoms with Crippen LogP contribution in [-0.2, 0) is 24.2 Å². The van der Waals surface area contributed by atoms with Crippen molar-refractivity contribution in [2.24, 2.45) is 0 Å². The lowest BCUT2D eigenvalue weighted by atomic mass is 9.97. The molecule has 0 aliphatic heterocycles. The molecule has 156 valence electrons. The highest BCUT2D eigenvalue weighted by Crippen LogP contribution is 2.34. The highest BCUT2D eigenvalue weighted by atomic mass is 32.1. The number of carbonyl (C=O) groups excluding carboxylic acids is 1. The van der Waals surface area contributed by atoms with E-state index in [0.29, 0.717) is 16.9 Å². The van der Waals surface area contributed by atoms with Crippen molar-refractivity contribution in [3.05, 3.63) is 81.0 Å². The summed E-state index contributed by atoms with van der Waals surface area (Å²) >= 11 is 1.63. The van der Waals surface area contributed by atoms with Crippen LogP contribution in [0.25, 0.3) is 21.6 Å². The number of nitrogens with one attached hydrogen (secondary N) is 1. The Hall–Kier alpha value is -3.25. The number of carbonyl (C=O) groups is 1. The zero-order valence-corrected chi connectivity index (χ0v) is 18.2. The van der Waals surface area contributed by atoms with Gasteiger partial charge in [0.05, 0.1) is 5.39 Å². The monoisotopic (exact) mass is 429 g/mol. The molecule has 2 aromatic carbocycles. The standard InChI is InChI=1S/C25H23N3O2S/c1-16-11-13-18(14-12-16)26-21(29)15-28-23(17-7-3-2-4-8-17)27-24-22(25(28)30)19-9-5-6-10-20(19)31-24/h2-4,7-8,11-14H,5-6,9-10,15H2,1H3,(H,26,29). The van der Waals surface area contributed by atoms with Crippen molar-refractivity contribution >= 4 is 33.1 Å². The molecule has 0 saturated heterocycles. The van der Waals surface area contributed by atoms with Crippen LogP contribution in [0.5, 0.6) is 0 Å². The van der Waals surface area contributed by atoms with E-state index in [9.17, 15) is 9.59 Å². The van der Waals surface area contributed by atoms with Gasteiger partial charge in [-0.2, -0.15) is 0 Å². The zero-order chi connectivity index (χ0) is 21.4. The van der Waals surface area contributed by atoms with Crippen molar-refractivity contribution in [3.63, 3.8) is 0 Å². The Balaban J connectivity index is 1.60. The van der Waals surface area contributed by atoms with E-state index in [-0.39, 0.29) is 18.0 Å². The van der Waals surface area contributed by atoms with Gasteiger partial charge in [0.15, 0.2) is 0 Å². The van der Waals surface area contributed by atoms with Crippen LogP contribution in [0.15, 0.2) is 59.4 Å². The number of amides is 1. The van der Waals surface area contributed by atoms with Gasteiger partial charge in [-0.15, -0.1) is 11.3 Å². The number of aryl methyl sites for hydroxylation is 3. The van der Waals surface area contributed by atoms with Crippen LogP contribution in [0.4, 0.5) is 5.69 Å². The van der Waals surface area contributed by atoms with Crippen LogP contribution in [0.2, 0.25) is 0 Å². The first-order chi connectivity index (χ1) is 15.1. The summed E-state index contributed by atoms with van der Waals surface area (Å²) < 4.78 is 1.53. The van der Waals surface area contributed by atoms with Crippen LogP contribution < -0.4 is 10.9 Å². The molecule has 2 heterocycles. The van der Waals surface area contributed by atoms with Crippen molar-refractivity contribution in [2.75, 3.05) is 5.32 Å². The molecule has 0 saturated carbocycles. The lowest BCUT2D eigenvalue weighted by Gasteiger charge is -2.14. The molecule has 0 bridgehead atoms. The van der Waals surface area contributed by atoms with Crippen LogP contribution >= 0.6 is 11.3 Å². The normalized spacial score (nSPS) is 13.2. The van der Waals surface area contributed by atoms with Gasteiger partial charge in [-0.25, -0.2) is 4.98 Å². The zero-order valence-electron chi connectivity index (χ0n) is 17.4. The first-order valence-electron chi connectivity index (χ1n) is 10.6. The Morgan fingerprint density at radius 1 is 1.06 bits per heavy atom. The maximum Gasteiger partial charge on any atom is 0.263 e. The van der Waals surface area contributed by atoms with E-state index >= 15 is 0 Å². The van der Waals surface area contributed by atoms with E-state index in [1.165, 1.54) is 9.44 Å². The molecule has 5 rings (SSSR count). The van der Waals surface area contributed by atoms with Crippen LogP contribution in [-0.4, -0.2) is 15.5 Å². The fraction of sp³-hybridized carbons (Fsp3) is 0.240. The molecule has 5 nitrogen and oxygen atoms in total. The number of anilines is 1.